The molecule has 1 saturated carbocycles. The summed E-state index contributed by atoms with van der Waals surface area (Å²) in [5, 5.41) is 9.88. The van der Waals surface area contributed by atoms with Crippen LogP contribution in [0.15, 0.2) is 54.6 Å². The lowest BCUT2D eigenvalue weighted by atomic mass is 9.73. The maximum Gasteiger partial charge on any atom is 0.0543 e. The second kappa shape index (κ2) is 6.49. The lowest BCUT2D eigenvalue weighted by molar-refractivity contribution is 0.0949. The lowest BCUT2D eigenvalue weighted by Gasteiger charge is -2.33. The average Bonchev–Trinajstić information content (AvgIpc) is 2.56. The molecule has 1 N–H and O–H groups in total. The van der Waals surface area contributed by atoms with Crippen molar-refractivity contribution in [3.63, 3.8) is 0 Å². The summed E-state index contributed by atoms with van der Waals surface area (Å²) in [5.74, 6) is 1.12. The molecule has 23 heavy (non-hydrogen) atoms. The van der Waals surface area contributed by atoms with Crippen molar-refractivity contribution < 1.29 is 5.11 Å². The molecule has 0 amide bonds. The van der Waals surface area contributed by atoms with Crippen molar-refractivity contribution >= 4 is 0 Å². The maximum absolute atomic E-state index is 9.88. The van der Waals surface area contributed by atoms with Crippen molar-refractivity contribution in [3.8, 4) is 0 Å². The van der Waals surface area contributed by atoms with Crippen LogP contribution in [0.5, 0.6) is 0 Å². The Morgan fingerprint density at radius 3 is 2.30 bits per heavy atom. The number of aliphatic hydroxyl groups excluding tert-OH is 1. The van der Waals surface area contributed by atoms with Gasteiger partial charge in [-0.25, -0.2) is 0 Å². The van der Waals surface area contributed by atoms with Gasteiger partial charge in [-0.2, -0.15) is 0 Å². The van der Waals surface area contributed by atoms with Gasteiger partial charge in [0.15, 0.2) is 0 Å². The second-order valence-corrected chi connectivity index (χ2v) is 7.67. The molecule has 0 radical (unpaired) electrons. The Bertz CT molecular complexity index is 644. The molecule has 0 saturated heterocycles. The van der Waals surface area contributed by atoms with Crippen LogP contribution in [0.4, 0.5) is 0 Å². The summed E-state index contributed by atoms with van der Waals surface area (Å²) in [6.45, 7) is 6.88. The zero-order valence-electron chi connectivity index (χ0n) is 14.5. The van der Waals surface area contributed by atoms with Gasteiger partial charge in [0.05, 0.1) is 6.10 Å². The van der Waals surface area contributed by atoms with E-state index in [0.29, 0.717) is 11.8 Å². The third-order valence-corrected chi connectivity index (χ3v) is 5.67. The van der Waals surface area contributed by atoms with Gasteiger partial charge in [-0.1, -0.05) is 75.4 Å². The predicted molar refractivity (Wildman–Crippen MR) is 96.8 cm³/mol. The number of rotatable bonds is 3. The fourth-order valence-corrected chi connectivity index (χ4v) is 4.04. The second-order valence-electron chi connectivity index (χ2n) is 7.67. The third-order valence-electron chi connectivity index (χ3n) is 5.67. The van der Waals surface area contributed by atoms with Crippen molar-refractivity contribution in [1.82, 2.24) is 0 Å². The summed E-state index contributed by atoms with van der Waals surface area (Å²) >= 11 is 0. The predicted octanol–water partition coefficient (Wildman–Crippen LogP) is 5.28. The number of hydrogen-bond donors (Lipinski definition) is 1. The van der Waals surface area contributed by atoms with Gasteiger partial charge in [-0.15, -0.1) is 0 Å². The van der Waals surface area contributed by atoms with E-state index in [4.69, 9.17) is 0 Å². The molecular weight excluding hydrogens is 280 g/mol. The average molecular weight is 308 g/mol. The Labute approximate surface area is 140 Å². The molecule has 0 aromatic heterocycles. The highest BCUT2D eigenvalue weighted by Crippen LogP contribution is 2.39. The minimum Gasteiger partial charge on any atom is -0.393 e. The normalized spacial score (nSPS) is 25.3. The van der Waals surface area contributed by atoms with E-state index in [1.807, 2.05) is 0 Å². The quantitative estimate of drug-likeness (QED) is 0.818. The molecule has 1 aliphatic rings. The van der Waals surface area contributed by atoms with E-state index in [1.54, 1.807) is 0 Å². The van der Waals surface area contributed by atoms with Gasteiger partial charge in [0.1, 0.15) is 0 Å². The first kappa shape index (κ1) is 16.3. The molecular formula is C22H28O. The number of benzene rings is 2. The Hall–Kier alpha value is -1.60. The monoisotopic (exact) mass is 308 g/mol. The highest BCUT2D eigenvalue weighted by molar-refractivity contribution is 5.40. The van der Waals surface area contributed by atoms with Crippen molar-refractivity contribution in [1.29, 1.82) is 0 Å². The molecule has 2 aromatic rings. The van der Waals surface area contributed by atoms with Crippen LogP contribution in [0.1, 0.15) is 62.6 Å². The molecule has 122 valence electrons. The fraction of sp³-hybridized carbons (Fsp3) is 0.455. The van der Waals surface area contributed by atoms with Gasteiger partial charge in [0.2, 0.25) is 0 Å². The number of hydrogen-bond acceptors (Lipinski definition) is 1. The summed E-state index contributed by atoms with van der Waals surface area (Å²) in [5.41, 5.74) is 4.17. The maximum atomic E-state index is 9.88. The van der Waals surface area contributed by atoms with Gasteiger partial charge in [-0.3, -0.25) is 0 Å². The Morgan fingerprint density at radius 2 is 1.61 bits per heavy atom. The van der Waals surface area contributed by atoms with Crippen LogP contribution < -0.4 is 0 Å². The summed E-state index contributed by atoms with van der Waals surface area (Å²) in [6, 6.07) is 19.8. The van der Waals surface area contributed by atoms with Crippen LogP contribution in [0.2, 0.25) is 0 Å². The van der Waals surface area contributed by atoms with Gasteiger partial charge < -0.3 is 5.11 Å². The van der Waals surface area contributed by atoms with E-state index in [1.165, 1.54) is 16.7 Å². The Balaban J connectivity index is 1.91. The van der Waals surface area contributed by atoms with Crippen LogP contribution in [0.25, 0.3) is 0 Å². The van der Waals surface area contributed by atoms with E-state index < -0.39 is 0 Å². The number of aliphatic hydroxyl groups is 1. The van der Waals surface area contributed by atoms with Gasteiger partial charge in [-0.05, 0) is 47.8 Å². The topological polar surface area (TPSA) is 20.2 Å². The first-order chi connectivity index (χ1) is 11.0. The molecule has 2 aromatic carbocycles. The van der Waals surface area contributed by atoms with Crippen molar-refractivity contribution in [2.45, 2.75) is 57.5 Å². The molecule has 0 spiro atoms. The van der Waals surface area contributed by atoms with E-state index in [0.717, 1.165) is 19.3 Å². The van der Waals surface area contributed by atoms with Crippen LogP contribution in [0, 0.1) is 5.92 Å². The Kier molecular flexibility index (Phi) is 4.59. The first-order valence-electron chi connectivity index (χ1n) is 8.82. The van der Waals surface area contributed by atoms with Crippen molar-refractivity contribution in [3.05, 3.63) is 71.3 Å². The summed E-state index contributed by atoms with van der Waals surface area (Å²) in [7, 11) is 0. The zero-order chi connectivity index (χ0) is 16.4. The zero-order valence-corrected chi connectivity index (χ0v) is 14.5. The molecule has 0 aliphatic heterocycles. The highest BCUT2D eigenvalue weighted by atomic mass is 16.3. The van der Waals surface area contributed by atoms with Crippen LogP contribution >= 0.6 is 0 Å². The summed E-state index contributed by atoms with van der Waals surface area (Å²) in [4.78, 5) is 0. The molecule has 3 unspecified atom stereocenters. The first-order valence-corrected chi connectivity index (χ1v) is 8.82. The molecule has 1 heteroatoms. The van der Waals surface area contributed by atoms with E-state index in [9.17, 15) is 5.11 Å². The Morgan fingerprint density at radius 1 is 0.913 bits per heavy atom. The smallest absolute Gasteiger partial charge is 0.0543 e. The molecule has 1 fully saturated rings. The van der Waals surface area contributed by atoms with Crippen molar-refractivity contribution in [2.24, 2.45) is 5.92 Å². The third kappa shape index (κ3) is 3.35. The molecule has 0 heterocycles. The minimum absolute atomic E-state index is 0.00862. The standard InChI is InChI=1S/C22H28O/c1-16-14-20(23)12-13-21(16)17-8-7-11-19(15-17)22(2,3)18-9-5-4-6-10-18/h4-11,15-16,20-21,23H,12-14H2,1-3H3. The molecule has 1 nitrogen and oxygen atoms in total. The minimum atomic E-state index is -0.106. The van der Waals surface area contributed by atoms with Crippen LogP contribution in [-0.4, -0.2) is 11.2 Å². The summed E-state index contributed by atoms with van der Waals surface area (Å²) in [6.07, 6.45) is 2.85. The van der Waals surface area contributed by atoms with Gasteiger partial charge >= 0.3 is 0 Å². The SMILES string of the molecule is CC1CC(O)CCC1c1cccc(C(C)(C)c2ccccc2)c1. The van der Waals surface area contributed by atoms with Gasteiger partial charge in [0.25, 0.3) is 0 Å². The van der Waals surface area contributed by atoms with Crippen LogP contribution in [0.3, 0.4) is 0 Å². The lowest BCUT2D eigenvalue weighted by Crippen LogP contribution is -2.25. The van der Waals surface area contributed by atoms with Crippen LogP contribution in [-0.2, 0) is 5.41 Å². The summed E-state index contributed by atoms with van der Waals surface area (Å²) < 4.78 is 0. The highest BCUT2D eigenvalue weighted by Gasteiger charge is 2.29. The van der Waals surface area contributed by atoms with E-state index in [2.05, 4.69) is 75.4 Å². The molecule has 1 aliphatic carbocycles. The van der Waals surface area contributed by atoms with Gasteiger partial charge in [0, 0.05) is 5.41 Å². The van der Waals surface area contributed by atoms with Crippen molar-refractivity contribution in [2.75, 3.05) is 0 Å². The molecule has 0 bridgehead atoms. The fourth-order valence-electron chi connectivity index (χ4n) is 4.04. The largest absolute Gasteiger partial charge is 0.393 e. The molecule has 3 rings (SSSR count). The van der Waals surface area contributed by atoms with E-state index in [-0.39, 0.29) is 11.5 Å². The molecule has 3 atom stereocenters. The van der Waals surface area contributed by atoms with E-state index >= 15 is 0 Å².